The number of hydrogen-bond donors (Lipinski definition) is 3. The summed E-state index contributed by atoms with van der Waals surface area (Å²) >= 11 is 1.83. The van der Waals surface area contributed by atoms with E-state index in [1.54, 1.807) is 24.5 Å². The minimum Gasteiger partial charge on any atom is -0.334 e. The molecule has 0 radical (unpaired) electrons. The van der Waals surface area contributed by atoms with Gasteiger partial charge in [0.1, 0.15) is 0 Å². The summed E-state index contributed by atoms with van der Waals surface area (Å²) in [7, 11) is 0. The second-order valence-corrected chi connectivity index (χ2v) is 8.08. The highest BCUT2D eigenvalue weighted by atomic mass is 32.2. The average Bonchev–Trinajstić information content (AvgIpc) is 2.79. The fourth-order valence-electron chi connectivity index (χ4n) is 3.30. The van der Waals surface area contributed by atoms with Gasteiger partial charge < -0.3 is 16.0 Å². The van der Waals surface area contributed by atoms with E-state index in [4.69, 9.17) is 0 Å². The molecule has 152 valence electrons. The summed E-state index contributed by atoms with van der Waals surface area (Å²) in [6, 6.07) is 18.8. The van der Waals surface area contributed by atoms with Crippen LogP contribution >= 0.6 is 11.8 Å². The van der Waals surface area contributed by atoms with Gasteiger partial charge in [0.15, 0.2) is 0 Å². The van der Waals surface area contributed by atoms with Crippen molar-refractivity contribution in [2.75, 3.05) is 11.1 Å². The minimum absolute atomic E-state index is 0.0354. The van der Waals surface area contributed by atoms with E-state index in [0.29, 0.717) is 17.8 Å². The number of pyridine rings is 1. The van der Waals surface area contributed by atoms with Gasteiger partial charge in [-0.25, -0.2) is 4.79 Å². The second kappa shape index (κ2) is 9.45. The van der Waals surface area contributed by atoms with Crippen LogP contribution in [0.5, 0.6) is 0 Å². The highest BCUT2D eigenvalue weighted by molar-refractivity contribution is 7.99. The van der Waals surface area contributed by atoms with E-state index in [1.165, 1.54) is 10.5 Å². The van der Waals surface area contributed by atoms with Gasteiger partial charge in [-0.2, -0.15) is 0 Å². The standard InChI is InChI=1S/C23H22N4O2S/c28-22(17-9-12-24-13-10-17)26-18-7-5-16(6-8-18)15-25-23(29)27-20-11-14-30-21-4-2-1-3-19(20)21/h1-10,12-13,20H,11,14-15H2,(H,26,28)(H2,25,27,29). The Morgan fingerprint density at radius 3 is 2.57 bits per heavy atom. The van der Waals surface area contributed by atoms with Gasteiger partial charge in [0.05, 0.1) is 6.04 Å². The number of aromatic nitrogens is 1. The third-order valence-electron chi connectivity index (χ3n) is 4.87. The van der Waals surface area contributed by atoms with Crippen molar-refractivity contribution in [3.63, 3.8) is 0 Å². The molecule has 6 nitrogen and oxygen atoms in total. The molecule has 3 N–H and O–H groups in total. The zero-order valence-corrected chi connectivity index (χ0v) is 17.1. The molecule has 1 aromatic heterocycles. The number of benzene rings is 2. The molecule has 3 aromatic rings. The van der Waals surface area contributed by atoms with E-state index < -0.39 is 0 Å². The number of amides is 3. The van der Waals surface area contributed by atoms with Crippen LogP contribution in [-0.2, 0) is 6.54 Å². The molecule has 0 bridgehead atoms. The van der Waals surface area contributed by atoms with Crippen LogP contribution in [0.2, 0.25) is 0 Å². The number of urea groups is 1. The molecule has 0 aliphatic carbocycles. The Labute approximate surface area is 179 Å². The lowest BCUT2D eigenvalue weighted by molar-refractivity contribution is 0.102. The van der Waals surface area contributed by atoms with E-state index in [2.05, 4.69) is 33.1 Å². The first-order valence-corrected chi connectivity index (χ1v) is 10.7. The van der Waals surface area contributed by atoms with Crippen LogP contribution < -0.4 is 16.0 Å². The summed E-state index contributed by atoms with van der Waals surface area (Å²) in [5.74, 6) is 0.808. The van der Waals surface area contributed by atoms with Crippen LogP contribution in [0, 0.1) is 0 Å². The Morgan fingerprint density at radius 1 is 1.00 bits per heavy atom. The Morgan fingerprint density at radius 2 is 1.77 bits per heavy atom. The number of carbonyl (C=O) groups excluding carboxylic acids is 2. The molecule has 4 rings (SSSR count). The summed E-state index contributed by atoms with van der Waals surface area (Å²) in [5, 5.41) is 8.83. The zero-order valence-electron chi connectivity index (χ0n) is 16.3. The van der Waals surface area contributed by atoms with E-state index in [9.17, 15) is 9.59 Å². The van der Waals surface area contributed by atoms with Crippen molar-refractivity contribution < 1.29 is 9.59 Å². The molecule has 30 heavy (non-hydrogen) atoms. The van der Waals surface area contributed by atoms with Crippen molar-refractivity contribution >= 4 is 29.4 Å². The van der Waals surface area contributed by atoms with E-state index in [-0.39, 0.29) is 18.0 Å². The number of thioether (sulfide) groups is 1. The van der Waals surface area contributed by atoms with Crippen LogP contribution in [0.3, 0.4) is 0 Å². The minimum atomic E-state index is -0.187. The molecule has 0 fully saturated rings. The summed E-state index contributed by atoms with van der Waals surface area (Å²) in [4.78, 5) is 29.7. The van der Waals surface area contributed by atoms with Gasteiger partial charge in [-0.05, 0) is 47.9 Å². The first kappa shape index (κ1) is 20.0. The zero-order chi connectivity index (χ0) is 20.8. The third kappa shape index (κ3) is 4.99. The predicted molar refractivity (Wildman–Crippen MR) is 119 cm³/mol. The van der Waals surface area contributed by atoms with Crippen LogP contribution in [0.25, 0.3) is 0 Å². The molecule has 7 heteroatoms. The largest absolute Gasteiger partial charge is 0.334 e. The molecule has 1 atom stereocenters. The smallest absolute Gasteiger partial charge is 0.315 e. The topological polar surface area (TPSA) is 83.1 Å². The third-order valence-corrected chi connectivity index (χ3v) is 5.99. The number of hydrogen-bond acceptors (Lipinski definition) is 4. The lowest BCUT2D eigenvalue weighted by atomic mass is 10.0. The number of rotatable bonds is 5. The van der Waals surface area contributed by atoms with Gasteiger partial charge in [0, 0.05) is 40.8 Å². The monoisotopic (exact) mass is 418 g/mol. The molecule has 2 heterocycles. The maximum absolute atomic E-state index is 12.4. The van der Waals surface area contributed by atoms with E-state index >= 15 is 0 Å². The second-order valence-electron chi connectivity index (χ2n) is 6.94. The fourth-order valence-corrected chi connectivity index (χ4v) is 4.42. The molecule has 0 spiro atoms. The lowest BCUT2D eigenvalue weighted by Crippen LogP contribution is -2.38. The van der Waals surface area contributed by atoms with Gasteiger partial charge in [0.2, 0.25) is 0 Å². The number of nitrogens with zero attached hydrogens (tertiary/aromatic N) is 1. The number of fused-ring (bicyclic) bond motifs is 1. The van der Waals surface area contributed by atoms with Crippen molar-refractivity contribution in [1.29, 1.82) is 0 Å². The Balaban J connectivity index is 1.28. The maximum Gasteiger partial charge on any atom is 0.315 e. The first-order valence-electron chi connectivity index (χ1n) is 9.75. The lowest BCUT2D eigenvalue weighted by Gasteiger charge is -2.26. The summed E-state index contributed by atoms with van der Waals surface area (Å²) in [6.07, 6.45) is 4.08. The SMILES string of the molecule is O=C(NCc1ccc(NC(=O)c2ccncc2)cc1)NC1CCSc2ccccc21. The molecular weight excluding hydrogens is 396 g/mol. The van der Waals surface area contributed by atoms with E-state index in [1.807, 2.05) is 48.2 Å². The maximum atomic E-state index is 12.4. The van der Waals surface area contributed by atoms with Gasteiger partial charge in [-0.15, -0.1) is 11.8 Å². The molecule has 3 amide bonds. The highest BCUT2D eigenvalue weighted by Gasteiger charge is 2.21. The van der Waals surface area contributed by atoms with Crippen molar-refractivity contribution in [3.8, 4) is 0 Å². The summed E-state index contributed by atoms with van der Waals surface area (Å²) < 4.78 is 0. The van der Waals surface area contributed by atoms with E-state index in [0.717, 1.165) is 17.7 Å². The number of nitrogens with one attached hydrogen (secondary N) is 3. The van der Waals surface area contributed by atoms with Crippen LogP contribution in [0.4, 0.5) is 10.5 Å². The first-order chi connectivity index (χ1) is 14.7. The van der Waals surface area contributed by atoms with Crippen molar-refractivity contribution in [3.05, 3.63) is 89.7 Å². The van der Waals surface area contributed by atoms with Crippen molar-refractivity contribution in [2.24, 2.45) is 0 Å². The quantitative estimate of drug-likeness (QED) is 0.575. The Kier molecular flexibility index (Phi) is 6.29. The van der Waals surface area contributed by atoms with Gasteiger partial charge in [0.25, 0.3) is 5.91 Å². The van der Waals surface area contributed by atoms with Crippen LogP contribution in [0.1, 0.15) is 33.9 Å². The number of anilines is 1. The molecule has 2 aromatic carbocycles. The Hall–Kier alpha value is -3.32. The van der Waals surface area contributed by atoms with Gasteiger partial charge in [-0.1, -0.05) is 30.3 Å². The molecule has 1 unspecified atom stereocenters. The van der Waals surface area contributed by atoms with Gasteiger partial charge >= 0.3 is 6.03 Å². The van der Waals surface area contributed by atoms with Gasteiger partial charge in [-0.3, -0.25) is 9.78 Å². The van der Waals surface area contributed by atoms with Crippen molar-refractivity contribution in [1.82, 2.24) is 15.6 Å². The van der Waals surface area contributed by atoms with Crippen LogP contribution in [-0.4, -0.2) is 22.7 Å². The molecule has 1 aliphatic heterocycles. The van der Waals surface area contributed by atoms with Crippen molar-refractivity contribution in [2.45, 2.75) is 23.9 Å². The normalized spacial score (nSPS) is 15.0. The molecule has 0 saturated heterocycles. The Bertz CT molecular complexity index is 1020. The number of carbonyl (C=O) groups is 2. The highest BCUT2D eigenvalue weighted by Crippen LogP contribution is 2.35. The summed E-state index contributed by atoms with van der Waals surface area (Å²) in [6.45, 7) is 0.410. The average molecular weight is 419 g/mol. The van der Waals surface area contributed by atoms with Crippen LogP contribution in [0.15, 0.2) is 78.0 Å². The molecule has 1 aliphatic rings. The molecule has 0 saturated carbocycles. The molecular formula is C23H22N4O2S. The predicted octanol–water partition coefficient (Wildman–Crippen LogP) is 4.37. The fraction of sp³-hybridized carbons (Fsp3) is 0.174. The summed E-state index contributed by atoms with van der Waals surface area (Å²) in [5.41, 5.74) is 3.38.